The minimum absolute atomic E-state index is 0.0307. The van der Waals surface area contributed by atoms with Gasteiger partial charge in [-0.2, -0.15) is 0 Å². The molecule has 1 aromatic heterocycles. The number of para-hydroxylation sites is 2. The molecule has 2 N–H and O–H groups in total. The third-order valence-corrected chi connectivity index (χ3v) is 3.98. The van der Waals surface area contributed by atoms with Gasteiger partial charge >= 0.3 is 11.7 Å². The van der Waals surface area contributed by atoms with Gasteiger partial charge in [0.1, 0.15) is 6.04 Å². The van der Waals surface area contributed by atoms with Crippen molar-refractivity contribution in [2.75, 3.05) is 0 Å². The van der Waals surface area contributed by atoms with Crippen LogP contribution in [-0.4, -0.2) is 38.6 Å². The predicted molar refractivity (Wildman–Crippen MR) is 91.3 cm³/mol. The summed E-state index contributed by atoms with van der Waals surface area (Å²) in [5, 5.41) is 11.0. The Balaban J connectivity index is 2.14. The van der Waals surface area contributed by atoms with Crippen molar-refractivity contribution in [3.8, 4) is 0 Å². The van der Waals surface area contributed by atoms with Crippen molar-refractivity contribution in [3.05, 3.63) is 34.7 Å². The lowest BCUT2D eigenvalue weighted by atomic mass is 10.2. The minimum Gasteiger partial charge on any atom is -0.480 e. The molecule has 26 heavy (non-hydrogen) atoms. The van der Waals surface area contributed by atoms with E-state index in [1.807, 2.05) is 19.1 Å². The fourth-order valence-corrected chi connectivity index (χ4v) is 2.81. The molecular formula is C17H21F2N3O4. The molecule has 0 aliphatic heterocycles. The first-order valence-corrected chi connectivity index (χ1v) is 8.33. The van der Waals surface area contributed by atoms with Gasteiger partial charge in [-0.15, -0.1) is 0 Å². The Labute approximate surface area is 148 Å². The zero-order valence-electron chi connectivity index (χ0n) is 14.3. The molecule has 0 spiro atoms. The lowest BCUT2D eigenvalue weighted by Gasteiger charge is -2.14. The average Bonchev–Trinajstić information content (AvgIpc) is 2.84. The van der Waals surface area contributed by atoms with E-state index in [9.17, 15) is 23.2 Å². The largest absolute Gasteiger partial charge is 0.480 e. The Bertz CT molecular complexity index is 844. The molecule has 0 bridgehead atoms. The van der Waals surface area contributed by atoms with Crippen LogP contribution in [0.1, 0.15) is 26.2 Å². The highest BCUT2D eigenvalue weighted by molar-refractivity contribution is 5.83. The molecule has 9 heteroatoms. The number of carbonyl (C=O) groups is 2. The maximum absolute atomic E-state index is 12.6. The second kappa shape index (κ2) is 8.59. The van der Waals surface area contributed by atoms with Crippen LogP contribution in [0.3, 0.4) is 0 Å². The highest BCUT2D eigenvalue weighted by Gasteiger charge is 2.24. The van der Waals surface area contributed by atoms with Crippen LogP contribution < -0.4 is 11.0 Å². The fraction of sp³-hybridized carbons (Fsp3) is 0.471. The summed E-state index contributed by atoms with van der Waals surface area (Å²) in [7, 11) is 0. The molecule has 0 fully saturated rings. The summed E-state index contributed by atoms with van der Waals surface area (Å²) < 4.78 is 27.8. The summed E-state index contributed by atoms with van der Waals surface area (Å²) >= 11 is 0. The normalized spacial score (nSPS) is 12.5. The van der Waals surface area contributed by atoms with Gasteiger partial charge in [-0.3, -0.25) is 13.9 Å². The first-order chi connectivity index (χ1) is 12.3. The van der Waals surface area contributed by atoms with Crippen molar-refractivity contribution in [1.29, 1.82) is 0 Å². The number of nitrogens with one attached hydrogen (secondary N) is 1. The number of carboxylic acid groups (broad SMARTS) is 1. The minimum atomic E-state index is -2.84. The Morgan fingerprint density at radius 2 is 1.73 bits per heavy atom. The maximum atomic E-state index is 12.6. The second-order valence-electron chi connectivity index (χ2n) is 5.91. The number of alkyl halides is 2. The molecule has 0 saturated carbocycles. The first kappa shape index (κ1) is 19.6. The second-order valence-corrected chi connectivity index (χ2v) is 5.91. The van der Waals surface area contributed by atoms with Crippen LogP contribution >= 0.6 is 0 Å². The zero-order valence-corrected chi connectivity index (χ0v) is 14.3. The van der Waals surface area contributed by atoms with Crippen LogP contribution in [-0.2, 0) is 22.7 Å². The highest BCUT2D eigenvalue weighted by atomic mass is 19.3. The highest BCUT2D eigenvalue weighted by Crippen LogP contribution is 2.13. The van der Waals surface area contributed by atoms with Gasteiger partial charge in [0.25, 0.3) is 0 Å². The zero-order chi connectivity index (χ0) is 19.3. The Hall–Kier alpha value is -2.71. The number of aromatic nitrogens is 2. The van der Waals surface area contributed by atoms with Gasteiger partial charge < -0.3 is 10.4 Å². The summed E-state index contributed by atoms with van der Waals surface area (Å²) in [6.07, 6.45) is -3.22. The third kappa shape index (κ3) is 4.47. The monoisotopic (exact) mass is 369 g/mol. The van der Waals surface area contributed by atoms with E-state index in [-0.39, 0.29) is 18.7 Å². The number of amides is 1. The van der Waals surface area contributed by atoms with Crippen LogP contribution in [0.25, 0.3) is 11.0 Å². The number of carbonyl (C=O) groups excluding carboxylic acids is 1. The average molecular weight is 369 g/mol. The van der Waals surface area contributed by atoms with Crippen LogP contribution in [0.5, 0.6) is 0 Å². The number of aryl methyl sites for hydroxylation is 2. The van der Waals surface area contributed by atoms with Crippen LogP contribution in [0.4, 0.5) is 8.78 Å². The standard InChI is InChI=1S/C17H21F2N3O4/c1-2-8-21-12-5-3-4-6-13(12)22(17(21)26)9-7-15(23)20-11(16(24)25)10-14(18)19/h3-6,11,14H,2,7-10H2,1H3,(H,20,23)(H,24,25). The van der Waals surface area contributed by atoms with Gasteiger partial charge in [0.15, 0.2) is 0 Å². The molecule has 2 aromatic rings. The van der Waals surface area contributed by atoms with Gasteiger partial charge in [0, 0.05) is 25.9 Å². The number of hydrogen-bond donors (Lipinski definition) is 2. The summed E-state index contributed by atoms with van der Waals surface area (Å²) in [4.78, 5) is 35.5. The van der Waals surface area contributed by atoms with Crippen molar-refractivity contribution < 1.29 is 23.5 Å². The van der Waals surface area contributed by atoms with Crippen molar-refractivity contribution in [2.24, 2.45) is 0 Å². The number of carboxylic acids is 1. The number of hydrogen-bond acceptors (Lipinski definition) is 3. The van der Waals surface area contributed by atoms with Gasteiger partial charge in [-0.05, 0) is 18.6 Å². The molecular weight excluding hydrogens is 348 g/mol. The molecule has 1 unspecified atom stereocenters. The van der Waals surface area contributed by atoms with Crippen LogP contribution in [0, 0.1) is 0 Å². The van der Waals surface area contributed by atoms with Gasteiger partial charge in [-0.1, -0.05) is 19.1 Å². The molecule has 2 rings (SSSR count). The molecule has 1 heterocycles. The van der Waals surface area contributed by atoms with E-state index in [0.29, 0.717) is 12.1 Å². The fourth-order valence-electron chi connectivity index (χ4n) is 2.81. The lowest BCUT2D eigenvalue weighted by Crippen LogP contribution is -2.42. The predicted octanol–water partition coefficient (Wildman–Crippen LogP) is 1.83. The van der Waals surface area contributed by atoms with E-state index >= 15 is 0 Å². The van der Waals surface area contributed by atoms with Crippen molar-refractivity contribution in [1.82, 2.24) is 14.5 Å². The molecule has 1 atom stereocenters. The topological polar surface area (TPSA) is 93.3 Å². The molecule has 1 amide bonds. The van der Waals surface area contributed by atoms with Crippen LogP contribution in [0.2, 0.25) is 0 Å². The Kier molecular flexibility index (Phi) is 6.48. The van der Waals surface area contributed by atoms with Gasteiger partial charge in [-0.25, -0.2) is 18.4 Å². The van der Waals surface area contributed by atoms with Gasteiger partial charge in [0.05, 0.1) is 11.0 Å². The number of rotatable bonds is 9. The van der Waals surface area contributed by atoms with E-state index in [0.717, 1.165) is 11.9 Å². The maximum Gasteiger partial charge on any atom is 0.329 e. The first-order valence-electron chi connectivity index (χ1n) is 8.33. The Morgan fingerprint density at radius 3 is 2.23 bits per heavy atom. The van der Waals surface area contributed by atoms with Crippen molar-refractivity contribution >= 4 is 22.9 Å². The summed E-state index contributed by atoms with van der Waals surface area (Å²) in [5.41, 5.74) is 1.16. The van der Waals surface area contributed by atoms with Crippen molar-refractivity contribution in [2.45, 2.75) is 51.7 Å². The smallest absolute Gasteiger partial charge is 0.329 e. The molecule has 0 radical (unpaired) electrons. The third-order valence-electron chi connectivity index (χ3n) is 3.98. The number of aliphatic carboxylic acids is 1. The number of benzene rings is 1. The molecule has 1 aromatic carbocycles. The quantitative estimate of drug-likeness (QED) is 0.705. The molecule has 0 aliphatic rings. The summed E-state index contributed by atoms with van der Waals surface area (Å²) in [6.45, 7) is 2.51. The molecule has 7 nitrogen and oxygen atoms in total. The lowest BCUT2D eigenvalue weighted by molar-refractivity contribution is -0.143. The van der Waals surface area contributed by atoms with E-state index in [1.54, 1.807) is 16.7 Å². The van der Waals surface area contributed by atoms with E-state index in [1.165, 1.54) is 4.57 Å². The van der Waals surface area contributed by atoms with Gasteiger partial charge in [0.2, 0.25) is 12.3 Å². The van der Waals surface area contributed by atoms with E-state index < -0.39 is 30.8 Å². The number of imidazole rings is 1. The molecule has 0 aliphatic carbocycles. The SMILES string of the molecule is CCCn1c(=O)n(CCC(=O)NC(CC(F)F)C(=O)O)c2ccccc21. The molecule has 142 valence electrons. The van der Waals surface area contributed by atoms with Crippen LogP contribution in [0.15, 0.2) is 29.1 Å². The number of halogens is 2. The van der Waals surface area contributed by atoms with Crippen molar-refractivity contribution in [3.63, 3.8) is 0 Å². The van der Waals surface area contributed by atoms with E-state index in [2.05, 4.69) is 5.32 Å². The Morgan fingerprint density at radius 1 is 1.15 bits per heavy atom. The summed E-state index contributed by atoms with van der Waals surface area (Å²) in [6, 6.07) is 5.51. The number of nitrogens with zero attached hydrogens (tertiary/aromatic N) is 2. The van der Waals surface area contributed by atoms with E-state index in [4.69, 9.17) is 5.11 Å². The summed E-state index contributed by atoms with van der Waals surface area (Å²) in [5.74, 6) is -2.22. The molecule has 0 saturated heterocycles. The number of fused-ring (bicyclic) bond motifs is 1.